The number of nitrogens with zero attached hydrogens (tertiary/aromatic N) is 2. The van der Waals surface area contributed by atoms with Gasteiger partial charge in [0, 0.05) is 34.6 Å². The highest BCUT2D eigenvalue weighted by Gasteiger charge is 2.35. The minimum absolute atomic E-state index is 0.00804. The van der Waals surface area contributed by atoms with Crippen LogP contribution >= 0.6 is 34.8 Å². The second kappa shape index (κ2) is 15.8. The molecule has 1 unspecified atom stereocenters. The van der Waals surface area contributed by atoms with Gasteiger partial charge in [-0.25, -0.2) is 8.42 Å². The third-order valence-electron chi connectivity index (χ3n) is 7.30. The Kier molecular flexibility index (Phi) is 12.1. The molecule has 0 radical (unpaired) electrons. The van der Waals surface area contributed by atoms with E-state index in [0.29, 0.717) is 27.2 Å². The lowest BCUT2D eigenvalue weighted by Gasteiger charge is -2.34. The molecule has 7 nitrogen and oxygen atoms in total. The van der Waals surface area contributed by atoms with Gasteiger partial charge in [0.1, 0.15) is 12.6 Å². The number of carbonyl (C=O) groups excluding carboxylic acids is 2. The second-order valence-corrected chi connectivity index (χ2v) is 14.5. The molecule has 11 heteroatoms. The normalized spacial score (nSPS) is 12.1. The van der Waals surface area contributed by atoms with Crippen LogP contribution in [0, 0.1) is 12.8 Å². The molecular weight excluding hydrogens is 665 g/mol. The van der Waals surface area contributed by atoms with Gasteiger partial charge in [-0.3, -0.25) is 13.9 Å². The summed E-state index contributed by atoms with van der Waals surface area (Å²) in [5.74, 6) is -0.817. The van der Waals surface area contributed by atoms with Gasteiger partial charge in [-0.1, -0.05) is 109 Å². The quantitative estimate of drug-likeness (QED) is 0.156. The Morgan fingerprint density at radius 1 is 0.826 bits per heavy atom. The van der Waals surface area contributed by atoms with Crippen LogP contribution < -0.4 is 9.62 Å². The lowest BCUT2D eigenvalue weighted by atomic mass is 10.0. The SMILES string of the molecule is Cc1ccc(S(=O)(=O)N(CC(=O)N(Cc2ccc(Cl)cc2Cl)C(Cc2ccccc2)C(=O)NCC(C)C)c2cccc(Cl)c2)cc1. The van der Waals surface area contributed by atoms with Crippen LogP contribution in [0.2, 0.25) is 15.1 Å². The van der Waals surface area contributed by atoms with Crippen molar-refractivity contribution in [1.29, 1.82) is 0 Å². The number of sulfonamides is 1. The Hall–Kier alpha value is -3.56. The Labute approximate surface area is 286 Å². The van der Waals surface area contributed by atoms with Crippen LogP contribution in [0.15, 0.2) is 102 Å². The molecule has 0 aliphatic carbocycles. The predicted molar refractivity (Wildman–Crippen MR) is 186 cm³/mol. The first-order valence-corrected chi connectivity index (χ1v) is 17.3. The summed E-state index contributed by atoms with van der Waals surface area (Å²) in [6.45, 7) is 5.51. The number of anilines is 1. The lowest BCUT2D eigenvalue weighted by Crippen LogP contribution is -2.53. The van der Waals surface area contributed by atoms with E-state index in [1.807, 2.05) is 51.1 Å². The van der Waals surface area contributed by atoms with Crippen molar-refractivity contribution in [3.05, 3.63) is 129 Å². The van der Waals surface area contributed by atoms with Crippen LogP contribution in [0.3, 0.4) is 0 Å². The Balaban J connectivity index is 1.82. The summed E-state index contributed by atoms with van der Waals surface area (Å²) in [5, 5.41) is 3.99. The number of hydrogen-bond donors (Lipinski definition) is 1. The maximum atomic E-state index is 14.5. The van der Waals surface area contributed by atoms with E-state index in [1.165, 1.54) is 23.1 Å². The third kappa shape index (κ3) is 9.26. The number of amides is 2. The van der Waals surface area contributed by atoms with Crippen molar-refractivity contribution < 1.29 is 18.0 Å². The van der Waals surface area contributed by atoms with Gasteiger partial charge in [-0.2, -0.15) is 0 Å². The first-order chi connectivity index (χ1) is 21.8. The minimum atomic E-state index is -4.25. The average Bonchev–Trinajstić information content (AvgIpc) is 3.01. The van der Waals surface area contributed by atoms with Crippen LogP contribution in [0.5, 0.6) is 0 Å². The summed E-state index contributed by atoms with van der Waals surface area (Å²) < 4.78 is 29.3. The van der Waals surface area contributed by atoms with Crippen LogP contribution in [-0.4, -0.2) is 44.3 Å². The molecule has 0 aliphatic rings. The fourth-order valence-corrected chi connectivity index (χ4v) is 6.87. The van der Waals surface area contributed by atoms with E-state index in [-0.39, 0.29) is 35.4 Å². The van der Waals surface area contributed by atoms with Crippen molar-refractivity contribution in [2.45, 2.75) is 44.7 Å². The molecule has 0 spiro atoms. The van der Waals surface area contributed by atoms with Crippen LogP contribution in [0.1, 0.15) is 30.5 Å². The first-order valence-electron chi connectivity index (χ1n) is 14.7. The Morgan fingerprint density at radius 3 is 2.13 bits per heavy atom. The molecule has 1 atom stereocenters. The van der Waals surface area contributed by atoms with Crippen molar-refractivity contribution in [2.75, 3.05) is 17.4 Å². The second-order valence-electron chi connectivity index (χ2n) is 11.4. The van der Waals surface area contributed by atoms with Gasteiger partial charge in [-0.15, -0.1) is 0 Å². The topological polar surface area (TPSA) is 86.8 Å². The largest absolute Gasteiger partial charge is 0.354 e. The molecule has 242 valence electrons. The molecule has 2 amide bonds. The number of aryl methyl sites for hydroxylation is 1. The first kappa shape index (κ1) is 35.3. The van der Waals surface area contributed by atoms with Crippen LogP contribution in [0.25, 0.3) is 0 Å². The number of nitrogens with one attached hydrogen (secondary N) is 1. The molecule has 0 aromatic heterocycles. The lowest BCUT2D eigenvalue weighted by molar-refractivity contribution is -0.140. The summed E-state index contributed by atoms with van der Waals surface area (Å²) in [7, 11) is -4.25. The zero-order valence-electron chi connectivity index (χ0n) is 25.8. The number of rotatable bonds is 13. The number of hydrogen-bond acceptors (Lipinski definition) is 4. The molecule has 0 heterocycles. The summed E-state index contributed by atoms with van der Waals surface area (Å²) >= 11 is 19.0. The number of benzene rings is 4. The molecule has 4 aromatic carbocycles. The van der Waals surface area contributed by atoms with Crippen molar-refractivity contribution in [3.63, 3.8) is 0 Å². The molecular formula is C35H36Cl3N3O4S. The molecule has 0 saturated heterocycles. The van der Waals surface area contributed by atoms with E-state index < -0.39 is 28.5 Å². The molecule has 0 aliphatic heterocycles. The minimum Gasteiger partial charge on any atom is -0.354 e. The fourth-order valence-electron chi connectivity index (χ4n) is 4.81. The monoisotopic (exact) mass is 699 g/mol. The van der Waals surface area contributed by atoms with Crippen molar-refractivity contribution >= 4 is 62.3 Å². The van der Waals surface area contributed by atoms with Crippen LogP contribution in [-0.2, 0) is 32.6 Å². The molecule has 0 saturated carbocycles. The third-order valence-corrected chi connectivity index (χ3v) is 9.91. The van der Waals surface area contributed by atoms with Crippen LogP contribution in [0.4, 0.5) is 5.69 Å². The van der Waals surface area contributed by atoms with Crippen molar-refractivity contribution in [1.82, 2.24) is 10.2 Å². The Morgan fingerprint density at radius 2 is 1.50 bits per heavy atom. The van der Waals surface area contributed by atoms with E-state index in [2.05, 4.69) is 5.32 Å². The summed E-state index contributed by atoms with van der Waals surface area (Å²) in [6, 6.07) is 25.9. The van der Waals surface area contributed by atoms with Gasteiger partial charge in [0.05, 0.1) is 10.6 Å². The maximum absolute atomic E-state index is 14.5. The predicted octanol–water partition coefficient (Wildman–Crippen LogP) is 7.56. The molecule has 0 bridgehead atoms. The molecule has 4 aromatic rings. The number of halogens is 3. The highest BCUT2D eigenvalue weighted by atomic mass is 35.5. The van der Waals surface area contributed by atoms with Crippen molar-refractivity contribution in [2.24, 2.45) is 5.92 Å². The maximum Gasteiger partial charge on any atom is 0.264 e. The Bertz CT molecular complexity index is 1770. The molecule has 4 rings (SSSR count). The van der Waals surface area contributed by atoms with E-state index in [0.717, 1.165) is 15.4 Å². The molecule has 46 heavy (non-hydrogen) atoms. The summed E-state index contributed by atoms with van der Waals surface area (Å²) in [6.07, 6.45) is 0.184. The zero-order chi connectivity index (χ0) is 33.4. The van der Waals surface area contributed by atoms with E-state index >= 15 is 0 Å². The highest BCUT2D eigenvalue weighted by molar-refractivity contribution is 7.92. The standard InChI is InChI=1S/C35H36Cl3N3O4S/c1-24(2)21-39-35(43)33(18-26-8-5-4-6-9-26)40(22-27-14-15-29(37)20-32(27)38)34(42)23-41(30-11-7-10-28(36)19-30)46(44,45)31-16-12-25(3)13-17-31/h4-17,19-20,24,33H,18,21-23H2,1-3H3,(H,39,43). The number of carbonyl (C=O) groups is 2. The average molecular weight is 701 g/mol. The smallest absolute Gasteiger partial charge is 0.264 e. The van der Waals surface area contributed by atoms with Gasteiger partial charge in [0.15, 0.2) is 0 Å². The van der Waals surface area contributed by atoms with Gasteiger partial charge in [0.25, 0.3) is 10.0 Å². The molecule has 0 fully saturated rings. The van der Waals surface area contributed by atoms with E-state index in [1.54, 1.807) is 48.5 Å². The van der Waals surface area contributed by atoms with Gasteiger partial charge < -0.3 is 10.2 Å². The van der Waals surface area contributed by atoms with E-state index in [4.69, 9.17) is 34.8 Å². The van der Waals surface area contributed by atoms with Crippen molar-refractivity contribution in [3.8, 4) is 0 Å². The van der Waals surface area contributed by atoms with Gasteiger partial charge >= 0.3 is 0 Å². The summed E-state index contributed by atoms with van der Waals surface area (Å²) in [4.78, 5) is 29.8. The van der Waals surface area contributed by atoms with Gasteiger partial charge in [-0.05, 0) is 66.4 Å². The molecule has 1 N–H and O–H groups in total. The zero-order valence-corrected chi connectivity index (χ0v) is 28.9. The highest BCUT2D eigenvalue weighted by Crippen LogP contribution is 2.28. The van der Waals surface area contributed by atoms with E-state index in [9.17, 15) is 18.0 Å². The van der Waals surface area contributed by atoms with Gasteiger partial charge in [0.2, 0.25) is 11.8 Å². The fraction of sp³-hybridized carbons (Fsp3) is 0.257. The summed E-state index contributed by atoms with van der Waals surface area (Å²) in [5.41, 5.74) is 2.46.